The maximum absolute atomic E-state index is 13.2. The molecule has 6 rings (SSSR count). The molecule has 2 aliphatic carbocycles. The summed E-state index contributed by atoms with van der Waals surface area (Å²) in [4.78, 5) is 12.8. The van der Waals surface area contributed by atoms with E-state index in [1.807, 2.05) is 19.9 Å². The summed E-state index contributed by atoms with van der Waals surface area (Å²) in [5, 5.41) is 14.3. The normalized spacial score (nSPS) is 25.8. The number of hydrogen-bond donors (Lipinski definition) is 2. The van der Waals surface area contributed by atoms with E-state index in [9.17, 15) is 9.32 Å². The fourth-order valence-corrected chi connectivity index (χ4v) is 7.50. The lowest BCUT2D eigenvalue weighted by molar-refractivity contribution is 0.143. The Morgan fingerprint density at radius 3 is 2.59 bits per heavy atom. The van der Waals surface area contributed by atoms with E-state index in [-0.39, 0.29) is 22.3 Å². The highest BCUT2D eigenvalue weighted by molar-refractivity contribution is 7.87. The second kappa shape index (κ2) is 6.90. The smallest absolute Gasteiger partial charge is 0.227 e. The lowest BCUT2D eigenvalue weighted by Gasteiger charge is -2.48. The van der Waals surface area contributed by atoms with Crippen LogP contribution in [0.25, 0.3) is 0 Å². The summed E-state index contributed by atoms with van der Waals surface area (Å²) in [6, 6.07) is 6.25. The number of nitrogens with one attached hydrogen (secondary N) is 1. The van der Waals surface area contributed by atoms with Crippen molar-refractivity contribution in [3.63, 3.8) is 0 Å². The Kier molecular flexibility index (Phi) is 4.50. The zero-order chi connectivity index (χ0) is 22.3. The van der Waals surface area contributed by atoms with E-state index in [0.29, 0.717) is 18.2 Å². The predicted molar refractivity (Wildman–Crippen MR) is 127 cm³/mol. The number of aliphatic hydroxyl groups excluding tert-OH is 1. The first-order valence-electron chi connectivity index (χ1n) is 11.5. The number of aromatic nitrogens is 2. The van der Waals surface area contributed by atoms with Gasteiger partial charge in [-0.1, -0.05) is 17.7 Å². The van der Waals surface area contributed by atoms with Gasteiger partial charge in [-0.3, -0.25) is 4.21 Å². The molecule has 170 valence electrons. The number of nitrogens with zero attached hydrogens (tertiary/aromatic N) is 3. The molecular weight excluding hydrogens is 444 g/mol. The number of fused-ring (bicyclic) bond motifs is 2. The van der Waals surface area contributed by atoms with Gasteiger partial charge in [0.15, 0.2) is 0 Å². The van der Waals surface area contributed by atoms with Crippen molar-refractivity contribution in [2.45, 2.75) is 67.6 Å². The van der Waals surface area contributed by atoms with Gasteiger partial charge in [0.1, 0.15) is 10.7 Å². The van der Waals surface area contributed by atoms with Gasteiger partial charge in [0.2, 0.25) is 5.95 Å². The van der Waals surface area contributed by atoms with Crippen molar-refractivity contribution in [3.05, 3.63) is 40.0 Å². The van der Waals surface area contributed by atoms with Crippen LogP contribution in [0.15, 0.2) is 23.1 Å². The minimum absolute atomic E-state index is 0.0603. The van der Waals surface area contributed by atoms with Crippen LogP contribution in [-0.4, -0.2) is 49.3 Å². The Morgan fingerprint density at radius 2 is 1.91 bits per heavy atom. The fourth-order valence-electron chi connectivity index (χ4n) is 5.88. The summed E-state index contributed by atoms with van der Waals surface area (Å²) in [7, 11) is -1.18. The van der Waals surface area contributed by atoms with E-state index in [2.05, 4.69) is 22.3 Å². The molecule has 6 nitrogen and oxygen atoms in total. The summed E-state index contributed by atoms with van der Waals surface area (Å²) >= 11 is 6.21. The van der Waals surface area contributed by atoms with Gasteiger partial charge in [-0.25, -0.2) is 4.98 Å². The molecule has 0 amide bonds. The molecule has 0 unspecified atom stereocenters. The fraction of sp³-hybridized carbons (Fsp3) is 0.583. The van der Waals surface area contributed by atoms with E-state index in [0.717, 1.165) is 60.8 Å². The molecule has 1 aromatic heterocycles. The van der Waals surface area contributed by atoms with Crippen LogP contribution in [0.5, 0.6) is 0 Å². The minimum atomic E-state index is -1.18. The molecule has 3 heterocycles. The molecule has 1 spiro atoms. The lowest BCUT2D eigenvalue weighted by Crippen LogP contribution is -2.58. The van der Waals surface area contributed by atoms with E-state index < -0.39 is 10.8 Å². The van der Waals surface area contributed by atoms with Crippen molar-refractivity contribution >= 4 is 34.2 Å². The molecule has 1 saturated heterocycles. The zero-order valence-electron chi connectivity index (χ0n) is 18.6. The molecule has 4 aliphatic rings. The van der Waals surface area contributed by atoms with Crippen molar-refractivity contribution in [1.29, 1.82) is 0 Å². The molecule has 1 aromatic carbocycles. The molecule has 32 heavy (non-hydrogen) atoms. The van der Waals surface area contributed by atoms with Gasteiger partial charge >= 0.3 is 0 Å². The standard InChI is InChI=1S/C24H29ClN4O2S/c1-22(2)11-18-19(32(22)31)20(28-24(14-30)6-3-7-24)27-21(26-18)29-12-23(13-29)9-15-4-5-17(25)8-16(15)10-23/h4-5,8,30H,3,6-7,9-14H2,1-2H3,(H,26,27,28)/t32-/m0/s1. The summed E-state index contributed by atoms with van der Waals surface area (Å²) in [5.41, 5.74) is 3.53. The molecule has 2 N–H and O–H groups in total. The van der Waals surface area contributed by atoms with Crippen LogP contribution in [0.3, 0.4) is 0 Å². The van der Waals surface area contributed by atoms with Gasteiger partial charge in [-0.15, -0.1) is 0 Å². The molecule has 1 atom stereocenters. The van der Waals surface area contributed by atoms with Crippen LogP contribution >= 0.6 is 11.6 Å². The summed E-state index contributed by atoms with van der Waals surface area (Å²) in [5.74, 6) is 1.37. The molecule has 2 fully saturated rings. The minimum Gasteiger partial charge on any atom is -0.394 e. The molecule has 0 bridgehead atoms. The maximum Gasteiger partial charge on any atom is 0.227 e. The number of anilines is 2. The van der Waals surface area contributed by atoms with E-state index in [4.69, 9.17) is 21.6 Å². The largest absolute Gasteiger partial charge is 0.394 e. The number of benzene rings is 1. The first-order valence-corrected chi connectivity index (χ1v) is 13.0. The summed E-state index contributed by atoms with van der Waals surface area (Å²) in [6.45, 7) is 5.94. The molecular formula is C24H29ClN4O2S. The summed E-state index contributed by atoms with van der Waals surface area (Å²) < 4.78 is 12.9. The van der Waals surface area contributed by atoms with E-state index in [1.54, 1.807) is 0 Å². The van der Waals surface area contributed by atoms with Gasteiger partial charge < -0.3 is 15.3 Å². The lowest BCUT2D eigenvalue weighted by atomic mass is 9.77. The van der Waals surface area contributed by atoms with Crippen LogP contribution < -0.4 is 10.2 Å². The van der Waals surface area contributed by atoms with Crippen molar-refractivity contribution in [2.75, 3.05) is 29.9 Å². The zero-order valence-corrected chi connectivity index (χ0v) is 20.2. The topological polar surface area (TPSA) is 78.3 Å². The van der Waals surface area contributed by atoms with Crippen LogP contribution in [0, 0.1) is 5.41 Å². The van der Waals surface area contributed by atoms with Crippen LogP contribution in [-0.2, 0) is 30.1 Å². The highest BCUT2D eigenvalue weighted by atomic mass is 35.5. The molecule has 8 heteroatoms. The molecule has 1 saturated carbocycles. The Bertz CT molecular complexity index is 1140. The van der Waals surface area contributed by atoms with Gasteiger partial charge in [-0.2, -0.15) is 4.98 Å². The highest BCUT2D eigenvalue weighted by Crippen LogP contribution is 2.47. The highest BCUT2D eigenvalue weighted by Gasteiger charge is 2.49. The second-order valence-corrected chi connectivity index (χ2v) is 13.4. The van der Waals surface area contributed by atoms with Gasteiger partial charge in [0.25, 0.3) is 0 Å². The van der Waals surface area contributed by atoms with E-state index in [1.165, 1.54) is 11.1 Å². The molecule has 2 aliphatic heterocycles. The Labute approximate surface area is 196 Å². The van der Waals surface area contributed by atoms with Crippen LogP contribution in [0.4, 0.5) is 11.8 Å². The average molecular weight is 473 g/mol. The maximum atomic E-state index is 13.2. The third-order valence-corrected chi connectivity index (χ3v) is 10.0. The number of aliphatic hydroxyl groups is 1. The van der Waals surface area contributed by atoms with Crippen molar-refractivity contribution in [3.8, 4) is 0 Å². The van der Waals surface area contributed by atoms with Gasteiger partial charge in [0, 0.05) is 29.9 Å². The SMILES string of the molecule is CC1(C)Cc2nc(N3CC4(Cc5ccc(Cl)cc5C4)C3)nc(NC3(CO)CCC3)c2[S@@]1=O. The first-order chi connectivity index (χ1) is 15.2. The summed E-state index contributed by atoms with van der Waals surface area (Å²) in [6.07, 6.45) is 5.68. The van der Waals surface area contributed by atoms with Crippen molar-refractivity contribution < 1.29 is 9.32 Å². The number of halogens is 1. The predicted octanol–water partition coefficient (Wildman–Crippen LogP) is 3.50. The molecule has 2 aromatic rings. The Hall–Kier alpha value is -1.70. The monoisotopic (exact) mass is 472 g/mol. The Morgan fingerprint density at radius 1 is 1.16 bits per heavy atom. The second-order valence-electron chi connectivity index (χ2n) is 10.9. The number of hydrogen-bond acceptors (Lipinski definition) is 6. The van der Waals surface area contributed by atoms with Crippen molar-refractivity contribution in [2.24, 2.45) is 5.41 Å². The average Bonchev–Trinajstić information content (AvgIpc) is 3.18. The van der Waals surface area contributed by atoms with Crippen LogP contribution in [0.2, 0.25) is 5.02 Å². The quantitative estimate of drug-likeness (QED) is 0.709. The van der Waals surface area contributed by atoms with Gasteiger partial charge in [-0.05, 0) is 69.2 Å². The third kappa shape index (κ3) is 3.11. The number of rotatable bonds is 4. The molecule has 0 radical (unpaired) electrons. The Balaban J connectivity index is 1.30. The van der Waals surface area contributed by atoms with E-state index >= 15 is 0 Å². The van der Waals surface area contributed by atoms with Crippen molar-refractivity contribution in [1.82, 2.24) is 9.97 Å². The van der Waals surface area contributed by atoms with Crippen LogP contribution in [0.1, 0.15) is 49.9 Å². The first kappa shape index (κ1) is 20.9. The van der Waals surface area contributed by atoms with Gasteiger partial charge in [0.05, 0.1) is 33.4 Å². The third-order valence-electron chi connectivity index (χ3n) is 7.84.